The largest absolute Gasteiger partial charge is 0.506 e. The SMILES string of the molecule is O=C(c1cncc(O)c1)N1CCC[C@H](c2ncc(C(F)(F)F)[nH]2)C1. The quantitative estimate of drug-likeness (QED) is 0.880. The number of hydrogen-bond donors (Lipinski definition) is 2. The molecule has 24 heavy (non-hydrogen) atoms. The molecular formula is C15H15F3N4O2. The predicted molar refractivity (Wildman–Crippen MR) is 77.4 cm³/mol. The van der Waals surface area contributed by atoms with Crippen molar-refractivity contribution < 1.29 is 23.1 Å². The Morgan fingerprint density at radius 3 is 2.79 bits per heavy atom. The van der Waals surface area contributed by atoms with Crippen LogP contribution < -0.4 is 0 Å². The smallest absolute Gasteiger partial charge is 0.432 e. The molecule has 9 heteroatoms. The van der Waals surface area contributed by atoms with Crippen molar-refractivity contribution in [2.24, 2.45) is 0 Å². The minimum atomic E-state index is -4.47. The molecule has 1 amide bonds. The average Bonchev–Trinajstić information content (AvgIpc) is 3.04. The summed E-state index contributed by atoms with van der Waals surface area (Å²) in [5.41, 5.74) is -0.649. The van der Waals surface area contributed by atoms with Gasteiger partial charge in [0.25, 0.3) is 5.91 Å². The molecule has 0 spiro atoms. The number of aromatic nitrogens is 3. The molecule has 0 radical (unpaired) electrons. The van der Waals surface area contributed by atoms with Crippen molar-refractivity contribution in [3.63, 3.8) is 0 Å². The number of carbonyl (C=O) groups is 1. The molecule has 0 saturated carbocycles. The van der Waals surface area contributed by atoms with E-state index in [9.17, 15) is 23.1 Å². The van der Waals surface area contributed by atoms with E-state index in [0.717, 1.165) is 6.20 Å². The van der Waals surface area contributed by atoms with E-state index in [0.29, 0.717) is 19.4 Å². The van der Waals surface area contributed by atoms with Gasteiger partial charge in [-0.15, -0.1) is 0 Å². The van der Waals surface area contributed by atoms with Crippen LogP contribution in [0.4, 0.5) is 13.2 Å². The van der Waals surface area contributed by atoms with E-state index in [-0.39, 0.29) is 35.5 Å². The van der Waals surface area contributed by atoms with Crippen LogP contribution in [0, 0.1) is 0 Å². The number of alkyl halides is 3. The zero-order valence-corrected chi connectivity index (χ0v) is 12.5. The van der Waals surface area contributed by atoms with Crippen molar-refractivity contribution in [3.05, 3.63) is 41.7 Å². The molecule has 128 valence electrons. The molecule has 2 N–H and O–H groups in total. The van der Waals surface area contributed by atoms with Gasteiger partial charge in [0.15, 0.2) is 0 Å². The standard InChI is InChI=1S/C15H15F3N4O2/c16-15(17,18)12-7-20-13(21-12)9-2-1-3-22(8-9)14(24)10-4-11(23)6-19-5-10/h4-7,9,23H,1-3,8H2,(H,20,21)/t9-/m0/s1. The molecule has 6 nitrogen and oxygen atoms in total. The van der Waals surface area contributed by atoms with Gasteiger partial charge in [-0.1, -0.05) is 0 Å². The Balaban J connectivity index is 1.75. The third kappa shape index (κ3) is 3.34. The second-order valence-electron chi connectivity index (χ2n) is 5.70. The topological polar surface area (TPSA) is 82.1 Å². The van der Waals surface area contributed by atoms with Crippen LogP contribution in [0.15, 0.2) is 24.7 Å². The summed E-state index contributed by atoms with van der Waals surface area (Å²) in [6, 6.07) is 1.31. The van der Waals surface area contributed by atoms with E-state index in [1.54, 1.807) is 4.90 Å². The van der Waals surface area contributed by atoms with Crippen LogP contribution in [-0.2, 0) is 6.18 Å². The highest BCUT2D eigenvalue weighted by Gasteiger charge is 2.35. The van der Waals surface area contributed by atoms with Crippen LogP contribution in [0.3, 0.4) is 0 Å². The van der Waals surface area contributed by atoms with Crippen molar-refractivity contribution >= 4 is 5.91 Å². The van der Waals surface area contributed by atoms with Gasteiger partial charge in [0, 0.05) is 25.2 Å². The van der Waals surface area contributed by atoms with E-state index in [1.165, 1.54) is 18.5 Å². The zero-order valence-electron chi connectivity index (χ0n) is 12.5. The Labute approximate surface area is 135 Å². The highest BCUT2D eigenvalue weighted by Crippen LogP contribution is 2.31. The maximum atomic E-state index is 12.7. The van der Waals surface area contributed by atoms with Crippen LogP contribution in [0.25, 0.3) is 0 Å². The molecule has 0 unspecified atom stereocenters. The number of halogens is 3. The molecule has 1 aliphatic heterocycles. The van der Waals surface area contributed by atoms with Crippen LogP contribution >= 0.6 is 0 Å². The van der Waals surface area contributed by atoms with E-state index in [4.69, 9.17) is 0 Å². The zero-order chi connectivity index (χ0) is 17.3. The van der Waals surface area contributed by atoms with Crippen molar-refractivity contribution in [1.29, 1.82) is 0 Å². The summed E-state index contributed by atoms with van der Waals surface area (Å²) in [6.07, 6.45) is 0.174. The maximum absolute atomic E-state index is 12.7. The first-order chi connectivity index (χ1) is 11.3. The maximum Gasteiger partial charge on any atom is 0.432 e. The van der Waals surface area contributed by atoms with E-state index >= 15 is 0 Å². The molecule has 3 heterocycles. The summed E-state index contributed by atoms with van der Waals surface area (Å²) in [5, 5.41) is 9.41. The number of nitrogens with one attached hydrogen (secondary N) is 1. The van der Waals surface area contributed by atoms with Crippen LogP contribution in [0.5, 0.6) is 5.75 Å². The molecule has 0 aromatic carbocycles. The number of piperidine rings is 1. The lowest BCUT2D eigenvalue weighted by atomic mass is 9.97. The summed E-state index contributed by atoms with van der Waals surface area (Å²) in [4.78, 5) is 23.9. The fourth-order valence-corrected chi connectivity index (χ4v) is 2.80. The number of hydrogen-bond acceptors (Lipinski definition) is 4. The van der Waals surface area contributed by atoms with Gasteiger partial charge in [0.1, 0.15) is 17.3 Å². The molecule has 2 aromatic rings. The normalized spacial score (nSPS) is 18.6. The number of nitrogens with zero attached hydrogens (tertiary/aromatic N) is 3. The first-order valence-electron chi connectivity index (χ1n) is 7.40. The number of aromatic amines is 1. The monoisotopic (exact) mass is 340 g/mol. The Hall–Kier alpha value is -2.58. The third-order valence-electron chi connectivity index (χ3n) is 3.97. The van der Waals surface area contributed by atoms with Crippen molar-refractivity contribution in [1.82, 2.24) is 19.9 Å². The first kappa shape index (κ1) is 16.3. The summed E-state index contributed by atoms with van der Waals surface area (Å²) in [7, 11) is 0. The van der Waals surface area contributed by atoms with E-state index < -0.39 is 11.9 Å². The Bertz CT molecular complexity index is 744. The van der Waals surface area contributed by atoms with Gasteiger partial charge < -0.3 is 15.0 Å². The lowest BCUT2D eigenvalue weighted by molar-refractivity contribution is -0.141. The lowest BCUT2D eigenvalue weighted by Gasteiger charge is -2.31. The highest BCUT2D eigenvalue weighted by atomic mass is 19.4. The number of imidazole rings is 1. The van der Waals surface area contributed by atoms with Crippen LogP contribution in [-0.4, -0.2) is 44.0 Å². The second kappa shape index (κ2) is 6.14. The van der Waals surface area contributed by atoms with Gasteiger partial charge in [-0.3, -0.25) is 9.78 Å². The van der Waals surface area contributed by atoms with Gasteiger partial charge in [-0.2, -0.15) is 13.2 Å². The fourth-order valence-electron chi connectivity index (χ4n) is 2.80. The molecular weight excluding hydrogens is 325 g/mol. The average molecular weight is 340 g/mol. The fraction of sp³-hybridized carbons (Fsp3) is 0.400. The second-order valence-corrected chi connectivity index (χ2v) is 5.70. The molecule has 0 aliphatic carbocycles. The molecule has 1 atom stereocenters. The predicted octanol–water partition coefficient (Wildman–Crippen LogP) is 2.55. The number of likely N-dealkylation sites (tertiary alicyclic amines) is 1. The lowest BCUT2D eigenvalue weighted by Crippen LogP contribution is -2.39. The molecule has 1 aliphatic rings. The minimum Gasteiger partial charge on any atom is -0.506 e. The summed E-state index contributed by atoms with van der Waals surface area (Å²) < 4.78 is 38.0. The summed E-state index contributed by atoms with van der Waals surface area (Å²) in [5.74, 6) is -0.487. The number of H-pyrrole nitrogens is 1. The third-order valence-corrected chi connectivity index (χ3v) is 3.97. The van der Waals surface area contributed by atoms with Gasteiger partial charge in [-0.05, 0) is 18.9 Å². The van der Waals surface area contributed by atoms with Crippen LogP contribution in [0.1, 0.15) is 40.6 Å². The minimum absolute atomic E-state index is 0.115. The number of carbonyl (C=O) groups excluding carboxylic acids is 1. The van der Waals surface area contributed by atoms with Gasteiger partial charge in [0.2, 0.25) is 0 Å². The Morgan fingerprint density at radius 2 is 2.12 bits per heavy atom. The Kier molecular flexibility index (Phi) is 4.16. The van der Waals surface area contributed by atoms with Crippen LogP contribution in [0.2, 0.25) is 0 Å². The highest BCUT2D eigenvalue weighted by molar-refractivity contribution is 5.94. The number of amides is 1. The number of rotatable bonds is 2. The van der Waals surface area contributed by atoms with Gasteiger partial charge >= 0.3 is 6.18 Å². The summed E-state index contributed by atoms with van der Waals surface area (Å²) in [6.45, 7) is 0.761. The van der Waals surface area contributed by atoms with E-state index in [1.807, 2.05) is 0 Å². The number of pyridine rings is 1. The van der Waals surface area contributed by atoms with E-state index in [2.05, 4.69) is 15.0 Å². The van der Waals surface area contributed by atoms with Crippen molar-refractivity contribution in [3.8, 4) is 5.75 Å². The van der Waals surface area contributed by atoms with Gasteiger partial charge in [0.05, 0.1) is 18.0 Å². The molecule has 1 saturated heterocycles. The molecule has 0 bridgehead atoms. The number of aromatic hydroxyl groups is 1. The van der Waals surface area contributed by atoms with Crippen molar-refractivity contribution in [2.75, 3.05) is 13.1 Å². The van der Waals surface area contributed by atoms with Crippen molar-refractivity contribution in [2.45, 2.75) is 24.9 Å². The molecule has 2 aromatic heterocycles. The van der Waals surface area contributed by atoms with Gasteiger partial charge in [-0.25, -0.2) is 4.98 Å². The summed E-state index contributed by atoms with van der Waals surface area (Å²) >= 11 is 0. The first-order valence-corrected chi connectivity index (χ1v) is 7.40. The molecule has 3 rings (SSSR count). The Morgan fingerprint density at radius 1 is 1.33 bits per heavy atom. The molecule has 1 fully saturated rings.